The van der Waals surface area contributed by atoms with Crippen molar-refractivity contribution in [2.75, 3.05) is 0 Å². The van der Waals surface area contributed by atoms with Crippen LogP contribution in [0, 0.1) is 11.3 Å². The van der Waals surface area contributed by atoms with Gasteiger partial charge in [0.1, 0.15) is 6.29 Å². The van der Waals surface area contributed by atoms with E-state index in [1.807, 2.05) is 6.08 Å². The Morgan fingerprint density at radius 1 is 1.55 bits per heavy atom. The molecule has 0 saturated carbocycles. The molecule has 0 fully saturated rings. The zero-order valence-corrected chi connectivity index (χ0v) is 7.08. The molecule has 1 aliphatic carbocycles. The predicted molar refractivity (Wildman–Crippen MR) is 46.2 cm³/mol. The van der Waals surface area contributed by atoms with Gasteiger partial charge in [0.25, 0.3) is 0 Å². The Hall–Kier alpha value is -0.850. The van der Waals surface area contributed by atoms with Crippen LogP contribution < -0.4 is 0 Å². The fourth-order valence-corrected chi connectivity index (χ4v) is 1.45. The molecule has 1 unspecified atom stereocenters. The summed E-state index contributed by atoms with van der Waals surface area (Å²) in [6.07, 6.45) is 9.87. The molecule has 1 nitrogen and oxygen atoms in total. The van der Waals surface area contributed by atoms with Gasteiger partial charge < -0.3 is 0 Å². The molecule has 0 N–H and O–H groups in total. The van der Waals surface area contributed by atoms with Gasteiger partial charge in [0.15, 0.2) is 0 Å². The van der Waals surface area contributed by atoms with Crippen molar-refractivity contribution < 1.29 is 4.79 Å². The molecule has 0 spiro atoms. The number of carbonyl (C=O) groups excluding carboxylic acids is 1. The van der Waals surface area contributed by atoms with E-state index in [0.29, 0.717) is 11.3 Å². The summed E-state index contributed by atoms with van der Waals surface area (Å²) >= 11 is 0. The number of carbonyl (C=O) groups is 1. The van der Waals surface area contributed by atoms with Crippen molar-refractivity contribution in [3.05, 3.63) is 24.3 Å². The maximum absolute atomic E-state index is 10.0. The first-order valence-electron chi connectivity index (χ1n) is 3.95. The Morgan fingerprint density at radius 3 is 2.73 bits per heavy atom. The van der Waals surface area contributed by atoms with Crippen molar-refractivity contribution in [3.8, 4) is 0 Å². The minimum Gasteiger partial charge on any atom is -0.299 e. The first-order valence-corrected chi connectivity index (χ1v) is 3.95. The third-order valence-electron chi connectivity index (χ3n) is 1.99. The third-order valence-corrected chi connectivity index (χ3v) is 1.99. The number of allylic oxidation sites excluding steroid dienone is 4. The van der Waals surface area contributed by atoms with Crippen LogP contribution in [0.5, 0.6) is 0 Å². The number of aldehydes is 1. The van der Waals surface area contributed by atoms with E-state index < -0.39 is 0 Å². The van der Waals surface area contributed by atoms with E-state index in [9.17, 15) is 4.79 Å². The topological polar surface area (TPSA) is 17.1 Å². The van der Waals surface area contributed by atoms with E-state index in [4.69, 9.17) is 0 Å². The molecule has 1 heteroatoms. The van der Waals surface area contributed by atoms with E-state index >= 15 is 0 Å². The summed E-state index contributed by atoms with van der Waals surface area (Å²) in [4.78, 5) is 10.0. The second kappa shape index (κ2) is 3.04. The smallest absolute Gasteiger partial charge is 0.142 e. The number of hydrogen-bond acceptors (Lipinski definition) is 1. The quantitative estimate of drug-likeness (QED) is 0.335. The van der Waals surface area contributed by atoms with Gasteiger partial charge in [-0.25, -0.2) is 0 Å². The Morgan fingerprint density at radius 2 is 2.27 bits per heavy atom. The van der Waals surface area contributed by atoms with E-state index in [1.54, 1.807) is 6.08 Å². The highest BCUT2D eigenvalue weighted by Gasteiger charge is 2.22. The zero-order valence-electron chi connectivity index (χ0n) is 7.08. The molecule has 60 valence electrons. The highest BCUT2D eigenvalue weighted by atomic mass is 16.1. The number of hydrogen-bond donors (Lipinski definition) is 0. The SMILES string of the molecule is CC1(C)C=CC(C=CC=O)C1. The van der Waals surface area contributed by atoms with Crippen LogP contribution >= 0.6 is 0 Å². The molecule has 11 heavy (non-hydrogen) atoms. The predicted octanol–water partition coefficient (Wildman–Crippen LogP) is 2.34. The standard InChI is InChI=1S/C10H14O/c1-10(2)6-5-9(8-10)4-3-7-11/h3-7,9H,8H2,1-2H3. The third kappa shape index (κ3) is 2.34. The van der Waals surface area contributed by atoms with Crippen LogP contribution in [0.25, 0.3) is 0 Å². The highest BCUT2D eigenvalue weighted by Crippen LogP contribution is 2.34. The zero-order chi connectivity index (χ0) is 8.32. The molecule has 0 heterocycles. The van der Waals surface area contributed by atoms with E-state index in [0.717, 1.165) is 12.7 Å². The molecular weight excluding hydrogens is 136 g/mol. The van der Waals surface area contributed by atoms with Crippen molar-refractivity contribution in [2.24, 2.45) is 11.3 Å². The van der Waals surface area contributed by atoms with Crippen LogP contribution in [0.3, 0.4) is 0 Å². The molecule has 1 rings (SSSR count). The van der Waals surface area contributed by atoms with Gasteiger partial charge in [-0.05, 0) is 23.8 Å². The second-order valence-electron chi connectivity index (χ2n) is 3.74. The van der Waals surface area contributed by atoms with Gasteiger partial charge in [-0.3, -0.25) is 4.79 Å². The Labute approximate surface area is 67.8 Å². The Bertz CT molecular complexity index is 199. The van der Waals surface area contributed by atoms with Crippen molar-refractivity contribution >= 4 is 6.29 Å². The summed E-state index contributed by atoms with van der Waals surface area (Å²) in [5, 5.41) is 0. The maximum atomic E-state index is 10.0. The van der Waals surface area contributed by atoms with Crippen LogP contribution in [-0.2, 0) is 4.79 Å². The van der Waals surface area contributed by atoms with Crippen LogP contribution in [0.2, 0.25) is 0 Å². The van der Waals surface area contributed by atoms with Crippen LogP contribution in [0.1, 0.15) is 20.3 Å². The second-order valence-corrected chi connectivity index (χ2v) is 3.74. The van der Waals surface area contributed by atoms with Gasteiger partial charge in [0.05, 0.1) is 0 Å². The molecule has 0 bridgehead atoms. The largest absolute Gasteiger partial charge is 0.299 e. The first-order chi connectivity index (χ1) is 5.14. The molecule has 0 aromatic carbocycles. The minimum absolute atomic E-state index is 0.317. The molecule has 0 aliphatic heterocycles. The molecule has 0 radical (unpaired) electrons. The van der Waals surface area contributed by atoms with E-state index in [2.05, 4.69) is 26.0 Å². The molecule has 0 amide bonds. The van der Waals surface area contributed by atoms with Gasteiger partial charge in [0.2, 0.25) is 0 Å². The lowest BCUT2D eigenvalue weighted by atomic mass is 9.90. The molecule has 0 aromatic heterocycles. The fraction of sp³-hybridized carbons (Fsp3) is 0.500. The lowest BCUT2D eigenvalue weighted by molar-refractivity contribution is -0.104. The Kier molecular flexibility index (Phi) is 2.28. The molecule has 1 aliphatic rings. The lowest BCUT2D eigenvalue weighted by Gasteiger charge is -2.14. The van der Waals surface area contributed by atoms with Gasteiger partial charge in [-0.1, -0.05) is 32.1 Å². The lowest BCUT2D eigenvalue weighted by Crippen LogP contribution is -2.04. The Balaban J connectivity index is 2.50. The van der Waals surface area contributed by atoms with E-state index in [-0.39, 0.29) is 0 Å². The van der Waals surface area contributed by atoms with Crippen LogP contribution in [0.4, 0.5) is 0 Å². The summed E-state index contributed by atoms with van der Waals surface area (Å²) in [5.74, 6) is 0.468. The average Bonchev–Trinajstić information content (AvgIpc) is 2.26. The summed E-state index contributed by atoms with van der Waals surface area (Å²) in [7, 11) is 0. The maximum Gasteiger partial charge on any atom is 0.142 e. The fourth-order valence-electron chi connectivity index (χ4n) is 1.45. The van der Waals surface area contributed by atoms with Gasteiger partial charge >= 0.3 is 0 Å². The van der Waals surface area contributed by atoms with Crippen molar-refractivity contribution in [3.63, 3.8) is 0 Å². The van der Waals surface area contributed by atoms with Crippen molar-refractivity contribution in [2.45, 2.75) is 20.3 Å². The number of rotatable bonds is 2. The highest BCUT2D eigenvalue weighted by molar-refractivity contribution is 5.64. The normalized spacial score (nSPS) is 28.0. The average molecular weight is 150 g/mol. The monoisotopic (exact) mass is 150 g/mol. The molecule has 1 atom stereocenters. The van der Waals surface area contributed by atoms with Crippen LogP contribution in [-0.4, -0.2) is 6.29 Å². The van der Waals surface area contributed by atoms with Crippen molar-refractivity contribution in [1.82, 2.24) is 0 Å². The van der Waals surface area contributed by atoms with E-state index in [1.165, 1.54) is 0 Å². The molecule has 0 aromatic rings. The van der Waals surface area contributed by atoms with Gasteiger partial charge in [0, 0.05) is 0 Å². The molecular formula is C10H14O. The molecule has 0 saturated heterocycles. The minimum atomic E-state index is 0.317. The summed E-state index contributed by atoms with van der Waals surface area (Å²) in [5.41, 5.74) is 0.317. The first kappa shape index (κ1) is 8.25. The van der Waals surface area contributed by atoms with Gasteiger partial charge in [-0.15, -0.1) is 0 Å². The van der Waals surface area contributed by atoms with Crippen LogP contribution in [0.15, 0.2) is 24.3 Å². The summed E-state index contributed by atoms with van der Waals surface area (Å²) in [6.45, 7) is 4.41. The van der Waals surface area contributed by atoms with Crippen molar-refractivity contribution in [1.29, 1.82) is 0 Å². The van der Waals surface area contributed by atoms with Gasteiger partial charge in [-0.2, -0.15) is 0 Å². The summed E-state index contributed by atoms with van der Waals surface area (Å²) in [6, 6.07) is 0. The summed E-state index contributed by atoms with van der Waals surface area (Å²) < 4.78 is 0.